The van der Waals surface area contributed by atoms with Crippen LogP contribution in [0.2, 0.25) is 0 Å². The summed E-state index contributed by atoms with van der Waals surface area (Å²) in [6.07, 6.45) is 1.27. The van der Waals surface area contributed by atoms with Crippen LogP contribution in [-0.4, -0.2) is 25.4 Å². The summed E-state index contributed by atoms with van der Waals surface area (Å²) in [7, 11) is 1.73. The molecule has 11 heteroatoms. The zero-order valence-electron chi connectivity index (χ0n) is 15.5. The molecule has 0 amide bonds. The molecule has 3 aromatic rings. The highest BCUT2D eigenvalue weighted by molar-refractivity contribution is 5.82. The van der Waals surface area contributed by atoms with Gasteiger partial charge in [-0.2, -0.15) is 5.10 Å². The first-order valence-electron chi connectivity index (χ1n) is 8.37. The summed E-state index contributed by atoms with van der Waals surface area (Å²) in [5.41, 5.74) is 2.86. The number of hydrogen-bond acceptors (Lipinski definition) is 7. The second kappa shape index (κ2) is 7.76. The standard InChI is InChI=1S/C18H16N6O5/c1-12-15(18(25)22(21(12)2)13-6-4-3-5-7-13)11-19-20-16-9-8-14(23(26)27)10-17(16)24(28)29/h3-11,20H,1-2H3/b19-11-. The molecular formula is C18H16N6O5. The highest BCUT2D eigenvalue weighted by Gasteiger charge is 2.19. The van der Waals surface area contributed by atoms with E-state index in [1.165, 1.54) is 17.0 Å². The van der Waals surface area contributed by atoms with E-state index in [2.05, 4.69) is 10.5 Å². The quantitative estimate of drug-likeness (QED) is 0.386. The maximum Gasteiger partial charge on any atom is 0.301 e. The van der Waals surface area contributed by atoms with Crippen LogP contribution >= 0.6 is 0 Å². The highest BCUT2D eigenvalue weighted by Crippen LogP contribution is 2.28. The van der Waals surface area contributed by atoms with E-state index < -0.39 is 21.2 Å². The van der Waals surface area contributed by atoms with Gasteiger partial charge in [0.2, 0.25) is 0 Å². The van der Waals surface area contributed by atoms with E-state index in [0.717, 1.165) is 12.1 Å². The van der Waals surface area contributed by atoms with Crippen molar-refractivity contribution in [3.63, 3.8) is 0 Å². The zero-order chi connectivity index (χ0) is 21.1. The largest absolute Gasteiger partial charge is 0.301 e. The highest BCUT2D eigenvalue weighted by atomic mass is 16.6. The van der Waals surface area contributed by atoms with Gasteiger partial charge in [0.15, 0.2) is 0 Å². The van der Waals surface area contributed by atoms with Crippen molar-refractivity contribution in [1.29, 1.82) is 0 Å². The van der Waals surface area contributed by atoms with Crippen LogP contribution in [0.4, 0.5) is 17.1 Å². The second-order valence-electron chi connectivity index (χ2n) is 6.06. The molecule has 0 radical (unpaired) electrons. The normalized spacial score (nSPS) is 11.0. The average Bonchev–Trinajstić information content (AvgIpc) is 2.91. The molecule has 1 heterocycles. The Morgan fingerprint density at radius 1 is 1.07 bits per heavy atom. The third kappa shape index (κ3) is 3.74. The monoisotopic (exact) mass is 396 g/mol. The molecule has 0 bridgehead atoms. The lowest BCUT2D eigenvalue weighted by Crippen LogP contribution is -2.20. The van der Waals surface area contributed by atoms with Gasteiger partial charge in [-0.25, -0.2) is 4.68 Å². The van der Waals surface area contributed by atoms with Crippen LogP contribution in [0, 0.1) is 27.2 Å². The molecule has 1 aromatic heterocycles. The minimum atomic E-state index is -0.749. The van der Waals surface area contributed by atoms with Crippen LogP contribution in [0.25, 0.3) is 5.69 Å². The van der Waals surface area contributed by atoms with Crippen LogP contribution < -0.4 is 11.0 Å². The number of benzene rings is 2. The summed E-state index contributed by atoms with van der Waals surface area (Å²) < 4.78 is 3.15. The van der Waals surface area contributed by atoms with Gasteiger partial charge in [0, 0.05) is 18.8 Å². The van der Waals surface area contributed by atoms with E-state index in [1.807, 2.05) is 18.2 Å². The van der Waals surface area contributed by atoms with Gasteiger partial charge in [-0.15, -0.1) is 0 Å². The van der Waals surface area contributed by atoms with E-state index in [4.69, 9.17) is 0 Å². The molecule has 29 heavy (non-hydrogen) atoms. The number of hydrazone groups is 1. The Labute approximate surface area is 163 Å². The van der Waals surface area contributed by atoms with Gasteiger partial charge in [0.1, 0.15) is 5.69 Å². The van der Waals surface area contributed by atoms with Crippen molar-refractivity contribution in [2.75, 3.05) is 5.43 Å². The maximum absolute atomic E-state index is 12.8. The molecule has 0 aliphatic carbocycles. The molecule has 148 valence electrons. The minimum Gasteiger partial charge on any atom is -0.285 e. The topological polar surface area (TPSA) is 138 Å². The molecule has 3 rings (SSSR count). The number of nitrogens with one attached hydrogen (secondary N) is 1. The van der Waals surface area contributed by atoms with Gasteiger partial charge in [-0.05, 0) is 25.1 Å². The van der Waals surface area contributed by atoms with E-state index in [1.54, 1.807) is 30.8 Å². The fourth-order valence-corrected chi connectivity index (χ4v) is 2.78. The van der Waals surface area contributed by atoms with E-state index in [-0.39, 0.29) is 11.2 Å². The number of hydrogen-bond donors (Lipinski definition) is 1. The van der Waals surface area contributed by atoms with E-state index in [9.17, 15) is 25.0 Å². The van der Waals surface area contributed by atoms with Gasteiger partial charge < -0.3 is 0 Å². The predicted octanol–water partition coefficient (Wildman–Crippen LogP) is 2.75. The molecule has 0 atom stereocenters. The molecule has 0 aliphatic heterocycles. The van der Waals surface area contributed by atoms with Crippen molar-refractivity contribution < 1.29 is 9.85 Å². The van der Waals surface area contributed by atoms with Gasteiger partial charge >= 0.3 is 5.69 Å². The number of rotatable bonds is 6. The van der Waals surface area contributed by atoms with Crippen LogP contribution in [0.5, 0.6) is 0 Å². The Kier molecular flexibility index (Phi) is 5.21. The van der Waals surface area contributed by atoms with Crippen molar-refractivity contribution in [3.8, 4) is 5.69 Å². The third-order valence-electron chi connectivity index (χ3n) is 4.37. The number of non-ortho nitro benzene ring substituents is 1. The molecule has 0 saturated heterocycles. The number of nitrogens with zero attached hydrogens (tertiary/aromatic N) is 5. The minimum absolute atomic E-state index is 0.0335. The lowest BCUT2D eigenvalue weighted by atomic mass is 10.2. The fraction of sp³-hybridized carbons (Fsp3) is 0.111. The van der Waals surface area contributed by atoms with Crippen LogP contribution in [0.3, 0.4) is 0 Å². The molecular weight excluding hydrogens is 380 g/mol. The molecule has 0 aliphatic rings. The Bertz CT molecular complexity index is 1180. The zero-order valence-corrected chi connectivity index (χ0v) is 15.5. The lowest BCUT2D eigenvalue weighted by molar-refractivity contribution is -0.393. The van der Waals surface area contributed by atoms with E-state index >= 15 is 0 Å². The Hall–Kier alpha value is -4.28. The smallest absolute Gasteiger partial charge is 0.285 e. The van der Waals surface area contributed by atoms with Crippen molar-refractivity contribution in [2.45, 2.75) is 6.92 Å². The van der Waals surface area contributed by atoms with Crippen molar-refractivity contribution in [2.24, 2.45) is 12.1 Å². The van der Waals surface area contributed by atoms with Gasteiger partial charge in [-0.1, -0.05) is 18.2 Å². The summed E-state index contributed by atoms with van der Waals surface area (Å²) in [6, 6.07) is 12.2. The molecule has 0 saturated carbocycles. The second-order valence-corrected chi connectivity index (χ2v) is 6.06. The van der Waals surface area contributed by atoms with Crippen molar-refractivity contribution >= 4 is 23.3 Å². The summed E-state index contributed by atoms with van der Waals surface area (Å²) in [4.78, 5) is 33.3. The Morgan fingerprint density at radius 2 is 1.76 bits per heavy atom. The van der Waals surface area contributed by atoms with Gasteiger partial charge in [0.25, 0.3) is 11.2 Å². The first-order chi connectivity index (χ1) is 13.8. The third-order valence-corrected chi connectivity index (χ3v) is 4.37. The number of aromatic nitrogens is 2. The van der Waals surface area contributed by atoms with E-state index in [0.29, 0.717) is 16.9 Å². The SMILES string of the molecule is Cc1c(/C=N\Nc2ccc([N+](=O)[O-])cc2[N+](=O)[O-])c(=O)n(-c2ccccc2)n1C. The molecule has 0 fully saturated rings. The Balaban J connectivity index is 1.93. The molecule has 11 nitrogen and oxygen atoms in total. The van der Waals surface area contributed by atoms with Crippen LogP contribution in [0.1, 0.15) is 11.3 Å². The fourth-order valence-electron chi connectivity index (χ4n) is 2.78. The van der Waals surface area contributed by atoms with Crippen LogP contribution in [0.15, 0.2) is 58.4 Å². The number of nitro benzene ring substituents is 2. The number of para-hydroxylation sites is 1. The molecule has 0 spiro atoms. The number of nitro groups is 2. The summed E-state index contributed by atoms with van der Waals surface area (Å²) in [5, 5.41) is 25.9. The van der Waals surface area contributed by atoms with Gasteiger partial charge in [-0.3, -0.25) is 35.1 Å². The van der Waals surface area contributed by atoms with Crippen molar-refractivity contribution in [3.05, 3.63) is 90.4 Å². The summed E-state index contributed by atoms with van der Waals surface area (Å²) >= 11 is 0. The first-order valence-corrected chi connectivity index (χ1v) is 8.37. The predicted molar refractivity (Wildman–Crippen MR) is 107 cm³/mol. The average molecular weight is 396 g/mol. The van der Waals surface area contributed by atoms with Gasteiger partial charge in [0.05, 0.1) is 33.4 Å². The number of anilines is 1. The molecule has 1 N–H and O–H groups in total. The molecule has 2 aromatic carbocycles. The lowest BCUT2D eigenvalue weighted by Gasteiger charge is -2.07. The maximum atomic E-state index is 12.8. The molecule has 0 unspecified atom stereocenters. The summed E-state index contributed by atoms with van der Waals surface area (Å²) in [6.45, 7) is 1.75. The van der Waals surface area contributed by atoms with Crippen molar-refractivity contribution in [1.82, 2.24) is 9.36 Å². The van der Waals surface area contributed by atoms with Crippen LogP contribution in [-0.2, 0) is 7.05 Å². The first kappa shape index (κ1) is 19.5. The Morgan fingerprint density at radius 3 is 2.38 bits per heavy atom. The summed E-state index contributed by atoms with van der Waals surface area (Å²) in [5.74, 6) is 0.